The predicted molar refractivity (Wildman–Crippen MR) is 64.9 cm³/mol. The monoisotopic (exact) mass is 221 g/mol. The number of rotatable bonds is 6. The first-order chi connectivity index (χ1) is 7.79. The molecule has 2 unspecified atom stereocenters. The van der Waals surface area contributed by atoms with Gasteiger partial charge in [0.15, 0.2) is 0 Å². The van der Waals surface area contributed by atoms with Crippen LogP contribution in [0.5, 0.6) is 0 Å². The van der Waals surface area contributed by atoms with Gasteiger partial charge in [-0.15, -0.1) is 0 Å². The molecule has 1 aliphatic carbocycles. The van der Waals surface area contributed by atoms with Crippen molar-refractivity contribution in [3.63, 3.8) is 0 Å². The number of halogens is 1. The number of unbranched alkanes of at least 4 members (excludes halogenated alkanes) is 1. The highest BCUT2D eigenvalue weighted by Gasteiger charge is 2.35. The van der Waals surface area contributed by atoms with Crippen LogP contribution < -0.4 is 5.32 Å². The van der Waals surface area contributed by atoms with Crippen molar-refractivity contribution in [3.8, 4) is 0 Å². The van der Waals surface area contributed by atoms with E-state index in [2.05, 4.69) is 12.2 Å². The molecule has 0 spiro atoms. The maximum atomic E-state index is 12.7. The zero-order valence-electron chi connectivity index (χ0n) is 9.88. The second-order valence-corrected chi connectivity index (χ2v) is 4.74. The van der Waals surface area contributed by atoms with Crippen molar-refractivity contribution in [1.29, 1.82) is 0 Å². The largest absolute Gasteiger partial charge is 0.314 e. The lowest BCUT2D eigenvalue weighted by Crippen LogP contribution is -2.19. The second kappa shape index (κ2) is 5.44. The van der Waals surface area contributed by atoms with Crippen molar-refractivity contribution in [2.45, 2.75) is 38.6 Å². The van der Waals surface area contributed by atoms with Crippen molar-refractivity contribution in [2.75, 3.05) is 6.54 Å². The lowest BCUT2D eigenvalue weighted by atomic mass is 10.1. The zero-order chi connectivity index (χ0) is 11.4. The summed E-state index contributed by atoms with van der Waals surface area (Å²) in [4.78, 5) is 0. The van der Waals surface area contributed by atoms with Gasteiger partial charge in [0.05, 0.1) is 0 Å². The molecule has 0 saturated heterocycles. The minimum Gasteiger partial charge on any atom is -0.314 e. The normalized spacial score (nSPS) is 23.4. The van der Waals surface area contributed by atoms with E-state index in [1.165, 1.54) is 24.8 Å². The van der Waals surface area contributed by atoms with Gasteiger partial charge in [-0.05, 0) is 49.4 Å². The summed E-state index contributed by atoms with van der Waals surface area (Å²) in [6, 6.07) is 7.61. The first kappa shape index (κ1) is 11.6. The van der Waals surface area contributed by atoms with Crippen LogP contribution in [0.25, 0.3) is 0 Å². The number of hydrogen-bond acceptors (Lipinski definition) is 1. The van der Waals surface area contributed by atoms with Gasteiger partial charge < -0.3 is 5.32 Å². The van der Waals surface area contributed by atoms with Crippen LogP contribution in [0, 0.1) is 11.7 Å². The molecular weight excluding hydrogens is 201 g/mol. The van der Waals surface area contributed by atoms with E-state index in [9.17, 15) is 4.39 Å². The molecule has 0 heterocycles. The van der Waals surface area contributed by atoms with Crippen LogP contribution in [0.2, 0.25) is 0 Å². The molecule has 2 atom stereocenters. The Hall–Kier alpha value is -0.890. The standard InChI is InChI=1S/C14H20FN/c1-2-3-8-16-14-10-12(14)9-11-4-6-13(15)7-5-11/h4-7,12,14,16H,2-3,8-10H2,1H3. The molecule has 1 nitrogen and oxygen atoms in total. The Kier molecular flexibility index (Phi) is 3.94. The summed E-state index contributed by atoms with van der Waals surface area (Å²) < 4.78 is 12.7. The van der Waals surface area contributed by atoms with Gasteiger partial charge in [0.1, 0.15) is 5.82 Å². The fourth-order valence-electron chi connectivity index (χ4n) is 2.11. The molecule has 1 saturated carbocycles. The van der Waals surface area contributed by atoms with Crippen molar-refractivity contribution in [3.05, 3.63) is 35.6 Å². The first-order valence-electron chi connectivity index (χ1n) is 6.27. The molecule has 88 valence electrons. The summed E-state index contributed by atoms with van der Waals surface area (Å²) in [5.41, 5.74) is 1.26. The quantitative estimate of drug-likeness (QED) is 0.728. The average Bonchev–Trinajstić information content (AvgIpc) is 3.01. The fraction of sp³-hybridized carbons (Fsp3) is 0.571. The summed E-state index contributed by atoms with van der Waals surface area (Å²) in [5.74, 6) is 0.625. The van der Waals surface area contributed by atoms with Crippen molar-refractivity contribution >= 4 is 0 Å². The van der Waals surface area contributed by atoms with Gasteiger partial charge in [0, 0.05) is 6.04 Å². The summed E-state index contributed by atoms with van der Waals surface area (Å²) in [6.45, 7) is 3.35. The van der Waals surface area contributed by atoms with E-state index in [1.807, 2.05) is 12.1 Å². The molecule has 16 heavy (non-hydrogen) atoms. The minimum atomic E-state index is -0.142. The number of nitrogens with one attached hydrogen (secondary N) is 1. The van der Waals surface area contributed by atoms with Crippen LogP contribution in [0.1, 0.15) is 31.7 Å². The van der Waals surface area contributed by atoms with Crippen LogP contribution in [-0.2, 0) is 6.42 Å². The topological polar surface area (TPSA) is 12.0 Å². The third kappa shape index (κ3) is 3.31. The third-order valence-electron chi connectivity index (χ3n) is 3.27. The maximum Gasteiger partial charge on any atom is 0.123 e. The average molecular weight is 221 g/mol. The van der Waals surface area contributed by atoms with Crippen LogP contribution in [0.4, 0.5) is 4.39 Å². The van der Waals surface area contributed by atoms with E-state index in [0.29, 0.717) is 6.04 Å². The van der Waals surface area contributed by atoms with Gasteiger partial charge in [-0.3, -0.25) is 0 Å². The summed E-state index contributed by atoms with van der Waals surface area (Å²) in [7, 11) is 0. The minimum absolute atomic E-state index is 0.142. The Morgan fingerprint density at radius 2 is 2.06 bits per heavy atom. The summed E-state index contributed by atoms with van der Waals surface area (Å²) >= 11 is 0. The molecule has 0 amide bonds. The number of hydrogen-bond donors (Lipinski definition) is 1. The molecule has 1 aromatic rings. The maximum absolute atomic E-state index is 12.7. The van der Waals surface area contributed by atoms with Gasteiger partial charge in [-0.25, -0.2) is 4.39 Å². The smallest absolute Gasteiger partial charge is 0.123 e. The highest BCUT2D eigenvalue weighted by molar-refractivity contribution is 5.18. The van der Waals surface area contributed by atoms with Gasteiger partial charge in [-0.1, -0.05) is 25.5 Å². The SMILES string of the molecule is CCCCNC1CC1Cc1ccc(F)cc1. The molecule has 1 aromatic carbocycles. The van der Waals surface area contributed by atoms with Crippen LogP contribution in [0.15, 0.2) is 24.3 Å². The molecule has 1 N–H and O–H groups in total. The molecule has 2 rings (SSSR count). The lowest BCUT2D eigenvalue weighted by Gasteiger charge is -2.03. The van der Waals surface area contributed by atoms with E-state index in [1.54, 1.807) is 12.1 Å². The second-order valence-electron chi connectivity index (χ2n) is 4.74. The predicted octanol–water partition coefficient (Wildman–Crippen LogP) is 3.15. The van der Waals surface area contributed by atoms with E-state index in [-0.39, 0.29) is 5.82 Å². The molecule has 1 fully saturated rings. The Morgan fingerprint density at radius 3 is 2.75 bits per heavy atom. The highest BCUT2D eigenvalue weighted by Crippen LogP contribution is 2.33. The molecule has 0 aliphatic heterocycles. The Bertz CT molecular complexity index is 320. The van der Waals surface area contributed by atoms with Crippen LogP contribution in [-0.4, -0.2) is 12.6 Å². The summed E-state index contributed by atoms with van der Waals surface area (Å²) in [5, 5.41) is 3.57. The molecule has 2 heteroatoms. The van der Waals surface area contributed by atoms with Crippen LogP contribution >= 0.6 is 0 Å². The highest BCUT2D eigenvalue weighted by atomic mass is 19.1. The van der Waals surface area contributed by atoms with Crippen molar-refractivity contribution in [2.24, 2.45) is 5.92 Å². The Balaban J connectivity index is 1.70. The number of benzene rings is 1. The van der Waals surface area contributed by atoms with Crippen molar-refractivity contribution in [1.82, 2.24) is 5.32 Å². The van der Waals surface area contributed by atoms with Crippen LogP contribution in [0.3, 0.4) is 0 Å². The fourth-order valence-corrected chi connectivity index (χ4v) is 2.11. The van der Waals surface area contributed by atoms with E-state index in [0.717, 1.165) is 18.9 Å². The third-order valence-corrected chi connectivity index (χ3v) is 3.27. The Labute approximate surface area is 97.1 Å². The van der Waals surface area contributed by atoms with E-state index >= 15 is 0 Å². The van der Waals surface area contributed by atoms with E-state index < -0.39 is 0 Å². The van der Waals surface area contributed by atoms with Gasteiger partial charge >= 0.3 is 0 Å². The zero-order valence-corrected chi connectivity index (χ0v) is 9.88. The molecular formula is C14H20FN. The van der Waals surface area contributed by atoms with Crippen molar-refractivity contribution < 1.29 is 4.39 Å². The lowest BCUT2D eigenvalue weighted by molar-refractivity contribution is 0.600. The first-order valence-corrected chi connectivity index (χ1v) is 6.27. The summed E-state index contributed by atoms with van der Waals surface area (Å²) in [6.07, 6.45) is 4.88. The molecule has 0 radical (unpaired) electrons. The Morgan fingerprint density at radius 1 is 1.31 bits per heavy atom. The van der Waals surface area contributed by atoms with Gasteiger partial charge in [0.25, 0.3) is 0 Å². The molecule has 1 aliphatic rings. The van der Waals surface area contributed by atoms with E-state index in [4.69, 9.17) is 0 Å². The molecule has 0 bridgehead atoms. The van der Waals surface area contributed by atoms with Gasteiger partial charge in [-0.2, -0.15) is 0 Å². The van der Waals surface area contributed by atoms with Gasteiger partial charge in [0.2, 0.25) is 0 Å². The molecule has 0 aromatic heterocycles.